The average molecular weight is 256 g/mol. The van der Waals surface area contributed by atoms with E-state index in [9.17, 15) is 10.1 Å². The van der Waals surface area contributed by atoms with Crippen LogP contribution in [0.1, 0.15) is 16.7 Å². The molecule has 0 aromatic heterocycles. The van der Waals surface area contributed by atoms with Gasteiger partial charge in [-0.25, -0.2) is 0 Å². The van der Waals surface area contributed by atoms with Crippen LogP contribution in [0.15, 0.2) is 42.5 Å². The standard InChI is InChI=1S/C15H16N2O2/c1-11-3-8-15(12(2)9-11)16-10-13-4-6-14(7-5-13)17(18)19/h3-9,16H,10H2,1-2H3. The molecule has 0 heterocycles. The number of non-ortho nitro benzene ring substituents is 1. The van der Waals surface area contributed by atoms with Gasteiger partial charge in [-0.2, -0.15) is 0 Å². The van der Waals surface area contributed by atoms with E-state index in [1.54, 1.807) is 12.1 Å². The molecule has 0 spiro atoms. The Bertz CT molecular complexity index is 592. The number of anilines is 1. The molecule has 1 N–H and O–H groups in total. The van der Waals surface area contributed by atoms with Crippen molar-refractivity contribution in [2.75, 3.05) is 5.32 Å². The second kappa shape index (κ2) is 5.52. The van der Waals surface area contributed by atoms with Crippen molar-refractivity contribution in [2.24, 2.45) is 0 Å². The van der Waals surface area contributed by atoms with Crippen molar-refractivity contribution >= 4 is 11.4 Å². The van der Waals surface area contributed by atoms with E-state index < -0.39 is 0 Å². The zero-order chi connectivity index (χ0) is 13.8. The number of benzene rings is 2. The Morgan fingerprint density at radius 1 is 1.11 bits per heavy atom. The third-order valence-corrected chi connectivity index (χ3v) is 3.01. The largest absolute Gasteiger partial charge is 0.381 e. The quantitative estimate of drug-likeness (QED) is 0.668. The van der Waals surface area contributed by atoms with E-state index in [2.05, 4.69) is 37.4 Å². The predicted molar refractivity (Wildman–Crippen MR) is 76.3 cm³/mol. The molecule has 4 heteroatoms. The Labute approximate surface area is 112 Å². The first-order chi connectivity index (χ1) is 9.06. The van der Waals surface area contributed by atoms with Gasteiger partial charge in [0.25, 0.3) is 5.69 Å². The molecule has 0 aliphatic rings. The fourth-order valence-corrected chi connectivity index (χ4v) is 1.94. The minimum absolute atomic E-state index is 0.121. The molecule has 0 aliphatic heterocycles. The average Bonchev–Trinajstić information content (AvgIpc) is 2.38. The van der Waals surface area contributed by atoms with Gasteiger partial charge in [-0.3, -0.25) is 10.1 Å². The number of rotatable bonds is 4. The lowest BCUT2D eigenvalue weighted by atomic mass is 10.1. The monoisotopic (exact) mass is 256 g/mol. The van der Waals surface area contributed by atoms with Crippen LogP contribution in [0.2, 0.25) is 0 Å². The zero-order valence-electron chi connectivity index (χ0n) is 11.0. The Morgan fingerprint density at radius 2 is 1.79 bits per heavy atom. The summed E-state index contributed by atoms with van der Waals surface area (Å²) in [4.78, 5) is 10.2. The third kappa shape index (κ3) is 3.31. The number of nitro groups is 1. The molecule has 0 bridgehead atoms. The van der Waals surface area contributed by atoms with Gasteiger partial charge in [-0.15, -0.1) is 0 Å². The van der Waals surface area contributed by atoms with Crippen LogP contribution in [0.4, 0.5) is 11.4 Å². The first-order valence-electron chi connectivity index (χ1n) is 6.11. The third-order valence-electron chi connectivity index (χ3n) is 3.01. The molecule has 2 aromatic carbocycles. The van der Waals surface area contributed by atoms with E-state index in [-0.39, 0.29) is 10.6 Å². The predicted octanol–water partition coefficient (Wildman–Crippen LogP) is 3.82. The van der Waals surface area contributed by atoms with Gasteiger partial charge < -0.3 is 5.32 Å². The highest BCUT2D eigenvalue weighted by molar-refractivity contribution is 5.52. The highest BCUT2D eigenvalue weighted by Crippen LogP contribution is 2.18. The van der Waals surface area contributed by atoms with Crippen LogP contribution >= 0.6 is 0 Å². The van der Waals surface area contributed by atoms with Crippen molar-refractivity contribution in [2.45, 2.75) is 20.4 Å². The molecule has 2 rings (SSSR count). The molecule has 2 aromatic rings. The molecule has 0 saturated heterocycles. The van der Waals surface area contributed by atoms with Crippen LogP contribution in [0.3, 0.4) is 0 Å². The highest BCUT2D eigenvalue weighted by Gasteiger charge is 2.04. The summed E-state index contributed by atoms with van der Waals surface area (Å²) < 4.78 is 0. The normalized spacial score (nSPS) is 10.2. The fourth-order valence-electron chi connectivity index (χ4n) is 1.94. The number of aryl methyl sites for hydroxylation is 2. The molecule has 4 nitrogen and oxygen atoms in total. The van der Waals surface area contributed by atoms with Crippen molar-refractivity contribution in [3.05, 3.63) is 69.3 Å². The van der Waals surface area contributed by atoms with Gasteiger partial charge in [-0.05, 0) is 31.0 Å². The lowest BCUT2D eigenvalue weighted by Gasteiger charge is -2.10. The van der Waals surface area contributed by atoms with Gasteiger partial charge in [0, 0.05) is 24.4 Å². The molecule has 0 aliphatic carbocycles. The van der Waals surface area contributed by atoms with Crippen LogP contribution in [-0.2, 0) is 6.54 Å². The summed E-state index contributed by atoms with van der Waals surface area (Å²) in [6.07, 6.45) is 0. The van der Waals surface area contributed by atoms with Gasteiger partial charge in [0.1, 0.15) is 0 Å². The summed E-state index contributed by atoms with van der Waals surface area (Å²) in [7, 11) is 0. The summed E-state index contributed by atoms with van der Waals surface area (Å²) in [5.41, 5.74) is 4.66. The summed E-state index contributed by atoms with van der Waals surface area (Å²) in [5, 5.41) is 13.9. The lowest BCUT2D eigenvalue weighted by molar-refractivity contribution is -0.384. The summed E-state index contributed by atoms with van der Waals surface area (Å²) in [5.74, 6) is 0. The molecule has 98 valence electrons. The van der Waals surface area contributed by atoms with Crippen LogP contribution in [-0.4, -0.2) is 4.92 Å². The molecule has 0 atom stereocenters. The van der Waals surface area contributed by atoms with E-state index in [1.807, 2.05) is 0 Å². The maximum atomic E-state index is 10.6. The van der Waals surface area contributed by atoms with Crippen molar-refractivity contribution in [3.8, 4) is 0 Å². The molecule has 0 saturated carbocycles. The van der Waals surface area contributed by atoms with Crippen LogP contribution in [0.5, 0.6) is 0 Å². The van der Waals surface area contributed by atoms with Crippen LogP contribution < -0.4 is 5.32 Å². The highest BCUT2D eigenvalue weighted by atomic mass is 16.6. The minimum Gasteiger partial charge on any atom is -0.381 e. The van der Waals surface area contributed by atoms with E-state index in [4.69, 9.17) is 0 Å². The van der Waals surface area contributed by atoms with Crippen LogP contribution in [0.25, 0.3) is 0 Å². The maximum Gasteiger partial charge on any atom is 0.269 e. The fraction of sp³-hybridized carbons (Fsp3) is 0.200. The number of hydrogen-bond donors (Lipinski definition) is 1. The Kier molecular flexibility index (Phi) is 3.80. The number of nitrogens with one attached hydrogen (secondary N) is 1. The number of hydrogen-bond acceptors (Lipinski definition) is 3. The minimum atomic E-state index is -0.388. The lowest BCUT2D eigenvalue weighted by Crippen LogP contribution is -2.01. The molecular formula is C15H16N2O2. The van der Waals surface area contributed by atoms with Crippen molar-refractivity contribution in [1.29, 1.82) is 0 Å². The summed E-state index contributed by atoms with van der Waals surface area (Å²) >= 11 is 0. The molecular weight excluding hydrogens is 240 g/mol. The SMILES string of the molecule is Cc1ccc(NCc2ccc([N+](=O)[O-])cc2)c(C)c1. The van der Waals surface area contributed by atoms with Gasteiger partial charge in [0.05, 0.1) is 4.92 Å². The van der Waals surface area contributed by atoms with Gasteiger partial charge >= 0.3 is 0 Å². The van der Waals surface area contributed by atoms with E-state index >= 15 is 0 Å². The zero-order valence-corrected chi connectivity index (χ0v) is 11.0. The second-order valence-corrected chi connectivity index (χ2v) is 4.60. The first kappa shape index (κ1) is 13.1. The second-order valence-electron chi connectivity index (χ2n) is 4.60. The van der Waals surface area contributed by atoms with Crippen molar-refractivity contribution in [3.63, 3.8) is 0 Å². The molecule has 19 heavy (non-hydrogen) atoms. The smallest absolute Gasteiger partial charge is 0.269 e. The molecule has 0 unspecified atom stereocenters. The Balaban J connectivity index is 2.04. The summed E-state index contributed by atoms with van der Waals surface area (Å²) in [6.45, 7) is 4.78. The van der Waals surface area contributed by atoms with E-state index in [1.165, 1.54) is 23.3 Å². The number of nitro benzene ring substituents is 1. The molecule has 0 fully saturated rings. The summed E-state index contributed by atoms with van der Waals surface area (Å²) in [6, 6.07) is 12.8. The van der Waals surface area contributed by atoms with E-state index in [0.29, 0.717) is 6.54 Å². The van der Waals surface area contributed by atoms with E-state index in [0.717, 1.165) is 11.3 Å². The van der Waals surface area contributed by atoms with Gasteiger partial charge in [0.15, 0.2) is 0 Å². The van der Waals surface area contributed by atoms with Crippen molar-refractivity contribution < 1.29 is 4.92 Å². The maximum absolute atomic E-state index is 10.6. The first-order valence-corrected chi connectivity index (χ1v) is 6.11. The van der Waals surface area contributed by atoms with Gasteiger partial charge in [0.2, 0.25) is 0 Å². The molecule has 0 amide bonds. The Morgan fingerprint density at radius 3 is 2.37 bits per heavy atom. The molecule has 0 radical (unpaired) electrons. The van der Waals surface area contributed by atoms with Gasteiger partial charge in [-0.1, -0.05) is 29.8 Å². The topological polar surface area (TPSA) is 55.2 Å². The van der Waals surface area contributed by atoms with Crippen LogP contribution in [0, 0.1) is 24.0 Å². The number of nitrogens with zero attached hydrogens (tertiary/aromatic N) is 1. The Hall–Kier alpha value is -2.36. The van der Waals surface area contributed by atoms with Crippen molar-refractivity contribution in [1.82, 2.24) is 0 Å².